The lowest BCUT2D eigenvalue weighted by Gasteiger charge is -2.23. The summed E-state index contributed by atoms with van der Waals surface area (Å²) in [5.41, 5.74) is 1.98. The molecule has 1 unspecified atom stereocenters. The lowest BCUT2D eigenvalue weighted by Crippen LogP contribution is -2.29. The molecule has 1 aromatic heterocycles. The number of carbonyl (C=O) groups is 2. The van der Waals surface area contributed by atoms with Gasteiger partial charge in [-0.1, -0.05) is 53.8 Å². The fourth-order valence-electron chi connectivity index (χ4n) is 4.59. The van der Waals surface area contributed by atoms with Crippen molar-refractivity contribution in [3.8, 4) is 5.75 Å². The third-order valence-corrected chi connectivity index (χ3v) is 7.57. The number of carbonyl (C=O) groups excluding carboxylic acids is 2. The number of hydrogen-bond acceptors (Lipinski definition) is 6. The number of aliphatic hydroxyl groups is 1. The number of Topliss-reactive ketones (excluding diaryl/α,β-unsaturated/α-hetero) is 1. The first-order valence-corrected chi connectivity index (χ1v) is 13.1. The first-order chi connectivity index (χ1) is 19.4. The molecule has 0 aliphatic carbocycles. The van der Waals surface area contributed by atoms with E-state index in [1.807, 2.05) is 30.3 Å². The molecule has 40 heavy (non-hydrogen) atoms. The van der Waals surface area contributed by atoms with Gasteiger partial charge in [0.15, 0.2) is 5.13 Å². The van der Waals surface area contributed by atoms with Gasteiger partial charge in [-0.25, -0.2) is 13.8 Å². The molecule has 1 aliphatic rings. The van der Waals surface area contributed by atoms with Crippen molar-refractivity contribution in [2.75, 3.05) is 4.90 Å². The van der Waals surface area contributed by atoms with Crippen LogP contribution >= 0.6 is 11.3 Å². The van der Waals surface area contributed by atoms with E-state index in [1.54, 1.807) is 24.3 Å². The molecular formula is C31H20F2N2O4S. The summed E-state index contributed by atoms with van der Waals surface area (Å²) in [6, 6.07) is 24.5. The molecule has 0 saturated carbocycles. The number of aliphatic hydroxyl groups excluding tert-OH is 1. The maximum Gasteiger partial charge on any atom is 0.301 e. The summed E-state index contributed by atoms with van der Waals surface area (Å²) in [5.74, 6) is -2.65. The molecule has 2 heterocycles. The first-order valence-electron chi connectivity index (χ1n) is 12.3. The second kappa shape index (κ2) is 10.3. The quantitative estimate of drug-likeness (QED) is 0.142. The number of halogens is 2. The van der Waals surface area contributed by atoms with Crippen LogP contribution in [0.4, 0.5) is 13.9 Å². The Balaban J connectivity index is 1.43. The van der Waals surface area contributed by atoms with Gasteiger partial charge in [0.05, 0.1) is 21.8 Å². The highest BCUT2D eigenvalue weighted by atomic mass is 32.1. The highest BCUT2D eigenvalue weighted by Gasteiger charge is 2.48. The van der Waals surface area contributed by atoms with E-state index >= 15 is 0 Å². The predicted molar refractivity (Wildman–Crippen MR) is 148 cm³/mol. The van der Waals surface area contributed by atoms with Crippen LogP contribution < -0.4 is 9.64 Å². The lowest BCUT2D eigenvalue weighted by atomic mass is 9.95. The lowest BCUT2D eigenvalue weighted by molar-refractivity contribution is -0.132. The summed E-state index contributed by atoms with van der Waals surface area (Å²) in [6.45, 7) is 0.353. The van der Waals surface area contributed by atoms with Gasteiger partial charge >= 0.3 is 5.91 Å². The topological polar surface area (TPSA) is 79.7 Å². The average Bonchev–Trinajstić information content (AvgIpc) is 3.50. The molecular weight excluding hydrogens is 534 g/mol. The van der Waals surface area contributed by atoms with Gasteiger partial charge < -0.3 is 9.84 Å². The Morgan fingerprint density at radius 1 is 0.900 bits per heavy atom. The second-order valence-corrected chi connectivity index (χ2v) is 10.1. The largest absolute Gasteiger partial charge is 0.507 e. The molecule has 0 radical (unpaired) electrons. The standard InChI is InChI=1S/C31H20F2N2O4S/c32-21-10-6-20(7-11-21)28(36)26-27(19-8-13-23(14-9-19)39-17-18-4-2-1-3-5-18)35(30(38)29(26)37)31-34-24-15-12-22(33)16-25(24)40-31/h1-16,27,36H,17H2. The zero-order chi connectivity index (χ0) is 27.8. The summed E-state index contributed by atoms with van der Waals surface area (Å²) in [5, 5.41) is 11.4. The van der Waals surface area contributed by atoms with Crippen molar-refractivity contribution in [2.24, 2.45) is 0 Å². The number of amides is 1. The zero-order valence-electron chi connectivity index (χ0n) is 20.8. The van der Waals surface area contributed by atoms with Crippen molar-refractivity contribution in [3.63, 3.8) is 0 Å². The number of hydrogen-bond donors (Lipinski definition) is 1. The first kappa shape index (κ1) is 25.4. The van der Waals surface area contributed by atoms with Crippen LogP contribution in [0.2, 0.25) is 0 Å². The van der Waals surface area contributed by atoms with Gasteiger partial charge in [0.2, 0.25) is 0 Å². The van der Waals surface area contributed by atoms with Gasteiger partial charge in [0.25, 0.3) is 5.78 Å². The van der Waals surface area contributed by atoms with Gasteiger partial charge in [-0.3, -0.25) is 14.5 Å². The average molecular weight is 555 g/mol. The van der Waals surface area contributed by atoms with Crippen LogP contribution in [0.3, 0.4) is 0 Å². The van der Waals surface area contributed by atoms with E-state index in [2.05, 4.69) is 4.98 Å². The Kier molecular flexibility index (Phi) is 6.57. The van der Waals surface area contributed by atoms with Crippen LogP contribution in [0.15, 0.2) is 103 Å². The van der Waals surface area contributed by atoms with E-state index in [4.69, 9.17) is 4.74 Å². The number of ketones is 1. The van der Waals surface area contributed by atoms with Gasteiger partial charge in [-0.2, -0.15) is 0 Å². The number of aromatic nitrogens is 1. The Morgan fingerprint density at radius 2 is 1.60 bits per heavy atom. The molecule has 4 aromatic carbocycles. The molecule has 1 amide bonds. The number of nitrogens with zero attached hydrogens (tertiary/aromatic N) is 2. The van der Waals surface area contributed by atoms with Crippen LogP contribution in [0.25, 0.3) is 16.0 Å². The molecule has 6 nitrogen and oxygen atoms in total. The number of ether oxygens (including phenoxy) is 1. The Labute approximate surface area is 231 Å². The number of rotatable bonds is 6. The van der Waals surface area contributed by atoms with Crippen LogP contribution in [0.1, 0.15) is 22.7 Å². The molecule has 1 atom stereocenters. The van der Waals surface area contributed by atoms with Gasteiger partial charge in [0, 0.05) is 5.56 Å². The van der Waals surface area contributed by atoms with E-state index in [-0.39, 0.29) is 16.3 Å². The Morgan fingerprint density at radius 3 is 2.33 bits per heavy atom. The highest BCUT2D eigenvalue weighted by molar-refractivity contribution is 7.22. The SMILES string of the molecule is O=C1C(=O)N(c2nc3ccc(F)cc3s2)C(c2ccc(OCc3ccccc3)cc2)C1=C(O)c1ccc(F)cc1. The minimum Gasteiger partial charge on any atom is -0.507 e. The molecule has 1 fully saturated rings. The molecule has 5 aromatic rings. The van der Waals surface area contributed by atoms with E-state index in [0.717, 1.165) is 29.0 Å². The third-order valence-electron chi connectivity index (χ3n) is 6.55. The number of anilines is 1. The van der Waals surface area contributed by atoms with Crippen molar-refractivity contribution >= 4 is 44.1 Å². The summed E-state index contributed by atoms with van der Waals surface area (Å²) in [6.07, 6.45) is 0. The molecule has 6 rings (SSSR count). The minimum atomic E-state index is -1.04. The number of benzene rings is 4. The molecule has 0 bridgehead atoms. The number of fused-ring (bicyclic) bond motifs is 1. The van der Waals surface area contributed by atoms with Gasteiger partial charge in [-0.05, 0) is 65.7 Å². The zero-order valence-corrected chi connectivity index (χ0v) is 21.6. The molecule has 198 valence electrons. The van der Waals surface area contributed by atoms with Crippen LogP contribution in [-0.4, -0.2) is 21.8 Å². The van der Waals surface area contributed by atoms with Crippen molar-refractivity contribution in [1.82, 2.24) is 4.98 Å². The second-order valence-electron chi connectivity index (χ2n) is 9.13. The summed E-state index contributed by atoms with van der Waals surface area (Å²) < 4.78 is 33.8. The van der Waals surface area contributed by atoms with E-state index in [1.165, 1.54) is 35.2 Å². The van der Waals surface area contributed by atoms with Crippen LogP contribution in [0.5, 0.6) is 5.75 Å². The normalized spacial score (nSPS) is 16.6. The maximum atomic E-state index is 13.9. The Bertz CT molecular complexity index is 1770. The highest BCUT2D eigenvalue weighted by Crippen LogP contribution is 2.44. The third kappa shape index (κ3) is 4.71. The van der Waals surface area contributed by atoms with Crippen LogP contribution in [0, 0.1) is 11.6 Å². The van der Waals surface area contributed by atoms with Crippen LogP contribution in [-0.2, 0) is 16.2 Å². The van der Waals surface area contributed by atoms with E-state index in [0.29, 0.717) is 28.1 Å². The predicted octanol–water partition coefficient (Wildman–Crippen LogP) is 6.78. The molecule has 0 spiro atoms. The summed E-state index contributed by atoms with van der Waals surface area (Å²) in [7, 11) is 0. The molecule has 1 saturated heterocycles. The van der Waals surface area contributed by atoms with E-state index in [9.17, 15) is 23.5 Å². The fraction of sp³-hybridized carbons (Fsp3) is 0.0645. The number of thiazole rings is 1. The molecule has 1 aliphatic heterocycles. The van der Waals surface area contributed by atoms with E-state index < -0.39 is 35.1 Å². The minimum absolute atomic E-state index is 0.167. The monoisotopic (exact) mass is 554 g/mol. The Hall–Kier alpha value is -4.89. The fourth-order valence-corrected chi connectivity index (χ4v) is 5.60. The summed E-state index contributed by atoms with van der Waals surface area (Å²) in [4.78, 5) is 32.4. The van der Waals surface area contributed by atoms with Crippen molar-refractivity contribution < 1.29 is 28.2 Å². The smallest absolute Gasteiger partial charge is 0.301 e. The van der Waals surface area contributed by atoms with Gasteiger partial charge in [0.1, 0.15) is 29.8 Å². The molecule has 1 N–H and O–H groups in total. The van der Waals surface area contributed by atoms with Crippen molar-refractivity contribution in [3.05, 3.63) is 131 Å². The summed E-state index contributed by atoms with van der Waals surface area (Å²) >= 11 is 1.06. The van der Waals surface area contributed by atoms with Gasteiger partial charge in [-0.15, -0.1) is 0 Å². The van der Waals surface area contributed by atoms with Crippen molar-refractivity contribution in [1.29, 1.82) is 0 Å². The van der Waals surface area contributed by atoms with Crippen molar-refractivity contribution in [2.45, 2.75) is 12.6 Å². The maximum absolute atomic E-state index is 13.9. The molecule has 9 heteroatoms.